The highest BCUT2D eigenvalue weighted by Crippen LogP contribution is 2.14. The van der Waals surface area contributed by atoms with Gasteiger partial charge in [0.15, 0.2) is 0 Å². The third-order valence-electron chi connectivity index (χ3n) is 2.61. The number of hydrogen-bond donors (Lipinski definition) is 1. The first kappa shape index (κ1) is 12.8. The molecule has 18 heavy (non-hydrogen) atoms. The first-order valence-electron chi connectivity index (χ1n) is 5.92. The van der Waals surface area contributed by atoms with Crippen LogP contribution in [0.4, 0.5) is 0 Å². The Morgan fingerprint density at radius 1 is 1.56 bits per heavy atom. The maximum Gasteiger partial charge on any atom is 0.285 e. The molecule has 2 heterocycles. The molecule has 1 amide bonds. The van der Waals surface area contributed by atoms with Crippen LogP contribution in [0.2, 0.25) is 0 Å². The summed E-state index contributed by atoms with van der Waals surface area (Å²) in [5, 5.41) is 9.44. The highest BCUT2D eigenvalue weighted by Gasteiger charge is 2.08. The molecule has 0 fully saturated rings. The zero-order valence-electron chi connectivity index (χ0n) is 10.2. The predicted molar refractivity (Wildman–Crippen MR) is 71.8 cm³/mol. The first-order valence-corrected chi connectivity index (χ1v) is 6.80. The van der Waals surface area contributed by atoms with Crippen molar-refractivity contribution in [2.75, 3.05) is 6.54 Å². The van der Waals surface area contributed by atoms with Gasteiger partial charge >= 0.3 is 0 Å². The van der Waals surface area contributed by atoms with Crippen LogP contribution in [0.3, 0.4) is 0 Å². The lowest BCUT2D eigenvalue weighted by Gasteiger charge is -2.05. The van der Waals surface area contributed by atoms with Crippen molar-refractivity contribution in [3.05, 3.63) is 28.0 Å². The molecule has 0 saturated heterocycles. The molecule has 5 nitrogen and oxygen atoms in total. The van der Waals surface area contributed by atoms with Crippen LogP contribution in [0.5, 0.6) is 0 Å². The van der Waals surface area contributed by atoms with Crippen molar-refractivity contribution < 1.29 is 4.79 Å². The lowest BCUT2D eigenvalue weighted by molar-refractivity contribution is -0.121. The largest absolute Gasteiger partial charge is 0.354 e. The Bertz CT molecular complexity index is 603. The Morgan fingerprint density at radius 3 is 3.17 bits per heavy atom. The van der Waals surface area contributed by atoms with E-state index in [1.165, 1.54) is 16.0 Å². The van der Waals surface area contributed by atoms with E-state index in [2.05, 4.69) is 17.3 Å². The number of unbranched alkanes of at least 4 members (excludes halogenated alkanes) is 1. The standard InChI is InChI=1S/C12H15N3O2S/c1-2-3-5-13-10(16)8-15-12(17)11-9(7-14-15)4-6-18-11/h4,6-7H,2-3,5,8H2,1H3,(H,13,16). The molecule has 2 rings (SSSR count). The van der Waals surface area contributed by atoms with Crippen LogP contribution in [-0.2, 0) is 11.3 Å². The first-order chi connectivity index (χ1) is 8.72. The summed E-state index contributed by atoms with van der Waals surface area (Å²) in [6.07, 6.45) is 3.59. The van der Waals surface area contributed by atoms with Crippen LogP contribution >= 0.6 is 11.3 Å². The van der Waals surface area contributed by atoms with Gasteiger partial charge in [0, 0.05) is 11.9 Å². The molecule has 0 radical (unpaired) electrons. The zero-order chi connectivity index (χ0) is 13.0. The lowest BCUT2D eigenvalue weighted by Crippen LogP contribution is -2.33. The van der Waals surface area contributed by atoms with E-state index in [9.17, 15) is 9.59 Å². The van der Waals surface area contributed by atoms with E-state index in [0.717, 1.165) is 18.2 Å². The van der Waals surface area contributed by atoms with Crippen molar-refractivity contribution in [3.8, 4) is 0 Å². The number of rotatable bonds is 5. The summed E-state index contributed by atoms with van der Waals surface area (Å²) in [6, 6.07) is 1.85. The van der Waals surface area contributed by atoms with Crippen LogP contribution in [-0.4, -0.2) is 22.2 Å². The SMILES string of the molecule is CCCCNC(=O)Cn1ncc2ccsc2c1=O. The maximum atomic E-state index is 12.0. The fraction of sp³-hybridized carbons (Fsp3) is 0.417. The molecule has 2 aromatic heterocycles. The van der Waals surface area contributed by atoms with Crippen molar-refractivity contribution in [1.82, 2.24) is 15.1 Å². The van der Waals surface area contributed by atoms with Crippen molar-refractivity contribution in [2.45, 2.75) is 26.3 Å². The molecule has 1 N–H and O–H groups in total. The van der Waals surface area contributed by atoms with Gasteiger partial charge in [-0.2, -0.15) is 5.10 Å². The second-order valence-electron chi connectivity index (χ2n) is 4.02. The van der Waals surface area contributed by atoms with Gasteiger partial charge in [-0.05, 0) is 17.9 Å². The summed E-state index contributed by atoms with van der Waals surface area (Å²) >= 11 is 1.37. The molecule has 0 aliphatic heterocycles. The molecule has 2 aromatic rings. The molecule has 96 valence electrons. The van der Waals surface area contributed by atoms with E-state index in [1.807, 2.05) is 11.4 Å². The number of thiophene rings is 1. The molecular formula is C12H15N3O2S. The van der Waals surface area contributed by atoms with Crippen LogP contribution in [0, 0.1) is 0 Å². The van der Waals surface area contributed by atoms with E-state index in [4.69, 9.17) is 0 Å². The molecule has 0 saturated carbocycles. The Balaban J connectivity index is 2.09. The molecule has 0 spiro atoms. The summed E-state index contributed by atoms with van der Waals surface area (Å²) in [5.74, 6) is -0.172. The topological polar surface area (TPSA) is 64.0 Å². The van der Waals surface area contributed by atoms with E-state index in [0.29, 0.717) is 11.2 Å². The minimum atomic E-state index is -0.201. The Labute approximate surface area is 108 Å². The third-order valence-corrected chi connectivity index (χ3v) is 3.52. The second kappa shape index (κ2) is 5.77. The fourth-order valence-electron chi connectivity index (χ4n) is 1.61. The van der Waals surface area contributed by atoms with Crippen LogP contribution in [0.15, 0.2) is 22.4 Å². The number of carbonyl (C=O) groups excluding carboxylic acids is 1. The number of amides is 1. The van der Waals surface area contributed by atoms with Gasteiger partial charge in [0.2, 0.25) is 5.91 Å². The summed E-state index contributed by atoms with van der Waals surface area (Å²) in [6.45, 7) is 2.69. The van der Waals surface area contributed by atoms with Gasteiger partial charge in [0.25, 0.3) is 5.56 Å². The number of nitrogens with one attached hydrogen (secondary N) is 1. The fourth-order valence-corrected chi connectivity index (χ4v) is 2.42. The van der Waals surface area contributed by atoms with Crippen molar-refractivity contribution in [3.63, 3.8) is 0 Å². The quantitative estimate of drug-likeness (QED) is 0.831. The van der Waals surface area contributed by atoms with Gasteiger partial charge in [0.1, 0.15) is 11.2 Å². The molecule has 0 aliphatic rings. The highest BCUT2D eigenvalue weighted by molar-refractivity contribution is 7.17. The van der Waals surface area contributed by atoms with Gasteiger partial charge in [-0.15, -0.1) is 11.3 Å². The smallest absolute Gasteiger partial charge is 0.285 e. The summed E-state index contributed by atoms with van der Waals surface area (Å²) in [5.41, 5.74) is -0.201. The van der Waals surface area contributed by atoms with Crippen LogP contribution in [0.1, 0.15) is 19.8 Å². The maximum absolute atomic E-state index is 12.0. The third kappa shape index (κ3) is 2.76. The van der Waals surface area contributed by atoms with E-state index in [-0.39, 0.29) is 18.0 Å². The van der Waals surface area contributed by atoms with Crippen molar-refractivity contribution in [2.24, 2.45) is 0 Å². The normalized spacial score (nSPS) is 10.7. The lowest BCUT2D eigenvalue weighted by atomic mass is 10.3. The molecule has 0 atom stereocenters. The minimum absolute atomic E-state index is 0.0175. The van der Waals surface area contributed by atoms with Gasteiger partial charge in [-0.25, -0.2) is 4.68 Å². The zero-order valence-corrected chi connectivity index (χ0v) is 11.0. The monoisotopic (exact) mass is 265 g/mol. The van der Waals surface area contributed by atoms with E-state index < -0.39 is 0 Å². The molecule has 0 bridgehead atoms. The number of carbonyl (C=O) groups is 1. The van der Waals surface area contributed by atoms with Gasteiger partial charge in [0.05, 0.1) is 6.20 Å². The molecule has 0 aliphatic carbocycles. The predicted octanol–water partition coefficient (Wildman–Crippen LogP) is 1.37. The van der Waals surface area contributed by atoms with Crippen LogP contribution < -0.4 is 10.9 Å². The van der Waals surface area contributed by atoms with Crippen molar-refractivity contribution >= 4 is 27.3 Å². The van der Waals surface area contributed by atoms with E-state index in [1.54, 1.807) is 6.20 Å². The summed E-state index contributed by atoms with van der Waals surface area (Å²) in [7, 11) is 0. The molecule has 0 aromatic carbocycles. The van der Waals surface area contributed by atoms with Crippen molar-refractivity contribution in [1.29, 1.82) is 0 Å². The summed E-state index contributed by atoms with van der Waals surface area (Å²) < 4.78 is 1.85. The number of aromatic nitrogens is 2. The second-order valence-corrected chi connectivity index (χ2v) is 4.93. The number of hydrogen-bond acceptors (Lipinski definition) is 4. The number of fused-ring (bicyclic) bond motifs is 1. The average molecular weight is 265 g/mol. The summed E-state index contributed by atoms with van der Waals surface area (Å²) in [4.78, 5) is 23.6. The molecular weight excluding hydrogens is 250 g/mol. The molecule has 6 heteroatoms. The van der Waals surface area contributed by atoms with E-state index >= 15 is 0 Å². The average Bonchev–Trinajstić information content (AvgIpc) is 2.82. The van der Waals surface area contributed by atoms with Gasteiger partial charge in [-0.3, -0.25) is 9.59 Å². The Kier molecular flexibility index (Phi) is 4.09. The Morgan fingerprint density at radius 2 is 2.39 bits per heavy atom. The van der Waals surface area contributed by atoms with Crippen LogP contribution in [0.25, 0.3) is 10.1 Å². The number of nitrogens with zero attached hydrogens (tertiary/aromatic N) is 2. The van der Waals surface area contributed by atoms with Gasteiger partial charge < -0.3 is 5.32 Å². The highest BCUT2D eigenvalue weighted by atomic mass is 32.1. The van der Waals surface area contributed by atoms with Gasteiger partial charge in [-0.1, -0.05) is 13.3 Å². The Hall–Kier alpha value is -1.69. The molecule has 0 unspecified atom stereocenters. The minimum Gasteiger partial charge on any atom is -0.354 e.